The van der Waals surface area contributed by atoms with Gasteiger partial charge in [0.05, 0.1) is 0 Å². The highest BCUT2D eigenvalue weighted by atomic mass is 32.2. The zero-order valence-corrected chi connectivity index (χ0v) is 11.8. The van der Waals surface area contributed by atoms with Crippen LogP contribution in [0.15, 0.2) is 0 Å². The van der Waals surface area contributed by atoms with E-state index >= 15 is 0 Å². The van der Waals surface area contributed by atoms with Gasteiger partial charge in [0.1, 0.15) is 0 Å². The maximum Gasteiger partial charge on any atom is 0.0226 e. The summed E-state index contributed by atoms with van der Waals surface area (Å²) in [6.45, 7) is 0.813. The van der Waals surface area contributed by atoms with E-state index in [9.17, 15) is 0 Å². The molecule has 1 unspecified atom stereocenters. The number of hydrogen-bond donors (Lipinski definition) is 1. The molecule has 0 aromatic carbocycles. The average molecular weight is 244 g/mol. The zero-order chi connectivity index (χ0) is 11.8. The molecule has 0 bridgehead atoms. The Bertz CT molecular complexity index is 167. The van der Waals surface area contributed by atoms with E-state index in [1.807, 2.05) is 11.8 Å². The van der Waals surface area contributed by atoms with Crippen LogP contribution in [0.4, 0.5) is 0 Å². The number of thioether (sulfide) groups is 1. The lowest BCUT2D eigenvalue weighted by Gasteiger charge is -2.34. The number of nitrogens with two attached hydrogens (primary N) is 1. The number of rotatable bonds is 6. The van der Waals surface area contributed by atoms with E-state index in [0.29, 0.717) is 6.04 Å². The van der Waals surface area contributed by atoms with E-state index in [-0.39, 0.29) is 0 Å². The molecule has 0 heterocycles. The number of nitrogens with zero attached hydrogens (tertiary/aromatic N) is 1. The van der Waals surface area contributed by atoms with E-state index in [1.165, 1.54) is 50.7 Å². The SMILES string of the molecule is CSCCC(CN)N(C)C1CCCCCC1. The van der Waals surface area contributed by atoms with Gasteiger partial charge in [-0.05, 0) is 38.3 Å². The Labute approximate surface area is 105 Å². The first-order valence-corrected chi connectivity index (χ1v) is 8.10. The second-order valence-electron chi connectivity index (χ2n) is 4.98. The van der Waals surface area contributed by atoms with E-state index in [2.05, 4.69) is 18.2 Å². The summed E-state index contributed by atoms with van der Waals surface area (Å²) in [5.74, 6) is 1.24. The first-order chi connectivity index (χ1) is 7.79. The zero-order valence-electron chi connectivity index (χ0n) is 11.0. The maximum absolute atomic E-state index is 5.91. The second kappa shape index (κ2) is 8.37. The molecular weight excluding hydrogens is 216 g/mol. The lowest BCUT2D eigenvalue weighted by Crippen LogP contribution is -2.44. The fourth-order valence-electron chi connectivity index (χ4n) is 2.70. The van der Waals surface area contributed by atoms with Crippen LogP contribution in [0, 0.1) is 0 Å². The third-order valence-electron chi connectivity index (χ3n) is 3.90. The first-order valence-electron chi connectivity index (χ1n) is 6.70. The van der Waals surface area contributed by atoms with Gasteiger partial charge in [0.2, 0.25) is 0 Å². The Balaban J connectivity index is 2.41. The Morgan fingerprint density at radius 3 is 2.38 bits per heavy atom. The third-order valence-corrected chi connectivity index (χ3v) is 4.55. The van der Waals surface area contributed by atoms with Crippen LogP contribution in [0.25, 0.3) is 0 Å². The summed E-state index contributed by atoms with van der Waals surface area (Å²) in [7, 11) is 2.29. The molecule has 1 rings (SSSR count). The summed E-state index contributed by atoms with van der Waals surface area (Å²) in [5.41, 5.74) is 5.91. The lowest BCUT2D eigenvalue weighted by molar-refractivity contribution is 0.158. The van der Waals surface area contributed by atoms with Crippen molar-refractivity contribution in [3.8, 4) is 0 Å². The molecule has 0 saturated heterocycles. The molecular formula is C13H28N2S. The Kier molecular flexibility index (Phi) is 7.50. The number of hydrogen-bond acceptors (Lipinski definition) is 3. The molecule has 0 aliphatic heterocycles. The van der Waals surface area contributed by atoms with Crippen LogP contribution < -0.4 is 5.73 Å². The van der Waals surface area contributed by atoms with E-state index in [0.717, 1.165) is 12.6 Å². The molecule has 1 fully saturated rings. The molecule has 2 N–H and O–H groups in total. The highest BCUT2D eigenvalue weighted by Gasteiger charge is 2.22. The largest absolute Gasteiger partial charge is 0.329 e. The van der Waals surface area contributed by atoms with Crippen molar-refractivity contribution in [3.63, 3.8) is 0 Å². The van der Waals surface area contributed by atoms with Crippen LogP contribution >= 0.6 is 11.8 Å². The molecule has 3 heteroatoms. The predicted octanol–water partition coefficient (Wildman–Crippen LogP) is 2.72. The normalized spacial score (nSPS) is 21.0. The molecule has 0 aromatic heterocycles. The highest BCUT2D eigenvalue weighted by molar-refractivity contribution is 7.98. The summed E-state index contributed by atoms with van der Waals surface area (Å²) in [4.78, 5) is 2.57. The van der Waals surface area contributed by atoms with Crippen LogP contribution in [-0.4, -0.2) is 42.6 Å². The lowest BCUT2D eigenvalue weighted by atomic mass is 10.0. The summed E-state index contributed by atoms with van der Waals surface area (Å²) >= 11 is 1.93. The van der Waals surface area contributed by atoms with Crippen molar-refractivity contribution >= 4 is 11.8 Å². The summed E-state index contributed by atoms with van der Waals surface area (Å²) in [6, 6.07) is 1.38. The first kappa shape index (κ1) is 14.3. The van der Waals surface area contributed by atoms with E-state index in [1.54, 1.807) is 0 Å². The smallest absolute Gasteiger partial charge is 0.0226 e. The summed E-state index contributed by atoms with van der Waals surface area (Å²) < 4.78 is 0. The minimum absolute atomic E-state index is 0.593. The van der Waals surface area contributed by atoms with Gasteiger partial charge < -0.3 is 5.73 Å². The molecule has 16 heavy (non-hydrogen) atoms. The Hall–Kier alpha value is 0.270. The van der Waals surface area contributed by atoms with Crippen molar-refractivity contribution in [3.05, 3.63) is 0 Å². The second-order valence-corrected chi connectivity index (χ2v) is 5.97. The van der Waals surface area contributed by atoms with E-state index in [4.69, 9.17) is 5.73 Å². The van der Waals surface area contributed by atoms with Crippen molar-refractivity contribution in [2.75, 3.05) is 25.6 Å². The molecule has 0 spiro atoms. The minimum Gasteiger partial charge on any atom is -0.329 e. The van der Waals surface area contributed by atoms with Crippen molar-refractivity contribution in [2.24, 2.45) is 5.73 Å². The van der Waals surface area contributed by atoms with Gasteiger partial charge in [0.15, 0.2) is 0 Å². The minimum atomic E-state index is 0.593. The van der Waals surface area contributed by atoms with Gasteiger partial charge in [-0.15, -0.1) is 0 Å². The molecule has 0 radical (unpaired) electrons. The van der Waals surface area contributed by atoms with Gasteiger partial charge in [-0.25, -0.2) is 0 Å². The molecule has 0 aromatic rings. The van der Waals surface area contributed by atoms with Crippen molar-refractivity contribution < 1.29 is 0 Å². The Morgan fingerprint density at radius 1 is 1.25 bits per heavy atom. The number of likely N-dealkylation sites (N-methyl/N-ethyl adjacent to an activating group) is 1. The fraction of sp³-hybridized carbons (Fsp3) is 1.00. The van der Waals surface area contributed by atoms with Crippen molar-refractivity contribution in [2.45, 2.75) is 57.0 Å². The van der Waals surface area contributed by atoms with Gasteiger partial charge in [-0.3, -0.25) is 4.90 Å². The van der Waals surface area contributed by atoms with Crippen molar-refractivity contribution in [1.29, 1.82) is 0 Å². The molecule has 96 valence electrons. The highest BCUT2D eigenvalue weighted by Crippen LogP contribution is 2.23. The van der Waals surface area contributed by atoms with Gasteiger partial charge in [0.25, 0.3) is 0 Å². The van der Waals surface area contributed by atoms with Gasteiger partial charge in [0, 0.05) is 18.6 Å². The summed E-state index contributed by atoms with van der Waals surface area (Å²) in [6.07, 6.45) is 11.9. The molecule has 1 saturated carbocycles. The van der Waals surface area contributed by atoms with Crippen LogP contribution in [0.2, 0.25) is 0 Å². The van der Waals surface area contributed by atoms with Crippen LogP contribution in [0.5, 0.6) is 0 Å². The Morgan fingerprint density at radius 2 is 1.88 bits per heavy atom. The predicted molar refractivity (Wildman–Crippen MR) is 75.1 cm³/mol. The van der Waals surface area contributed by atoms with Crippen molar-refractivity contribution in [1.82, 2.24) is 4.90 Å². The van der Waals surface area contributed by atoms with Gasteiger partial charge in [-0.2, -0.15) is 11.8 Å². The van der Waals surface area contributed by atoms with Gasteiger partial charge >= 0.3 is 0 Å². The topological polar surface area (TPSA) is 29.3 Å². The quantitative estimate of drug-likeness (QED) is 0.729. The standard InChI is InChI=1S/C13H28N2S/c1-15(13(11-14)9-10-16-2)12-7-5-3-4-6-8-12/h12-13H,3-11,14H2,1-2H3. The monoisotopic (exact) mass is 244 g/mol. The van der Waals surface area contributed by atoms with Crippen LogP contribution in [0.1, 0.15) is 44.9 Å². The van der Waals surface area contributed by atoms with E-state index < -0.39 is 0 Å². The third kappa shape index (κ3) is 4.64. The molecule has 0 amide bonds. The molecule has 1 atom stereocenters. The molecule has 1 aliphatic rings. The molecule has 2 nitrogen and oxygen atoms in total. The van der Waals surface area contributed by atoms with Gasteiger partial charge in [-0.1, -0.05) is 25.7 Å². The van der Waals surface area contributed by atoms with Crippen LogP contribution in [-0.2, 0) is 0 Å². The average Bonchev–Trinajstić information content (AvgIpc) is 2.58. The van der Waals surface area contributed by atoms with Crippen LogP contribution in [0.3, 0.4) is 0 Å². The maximum atomic E-state index is 5.91. The molecule has 1 aliphatic carbocycles. The fourth-order valence-corrected chi connectivity index (χ4v) is 3.21. The summed E-state index contributed by atoms with van der Waals surface area (Å²) in [5, 5.41) is 0.